The molecule has 0 aliphatic rings. The topological polar surface area (TPSA) is 75.5 Å². The summed E-state index contributed by atoms with van der Waals surface area (Å²) >= 11 is 1.58. The van der Waals surface area contributed by atoms with Gasteiger partial charge in [0.2, 0.25) is 5.91 Å². The average Bonchev–Trinajstić information content (AvgIpc) is 3.31. The molecule has 2 aromatic heterocycles. The number of amides is 2. The van der Waals surface area contributed by atoms with E-state index >= 15 is 0 Å². The van der Waals surface area contributed by atoms with Gasteiger partial charge < -0.3 is 10.6 Å². The van der Waals surface area contributed by atoms with E-state index < -0.39 is 6.04 Å². The summed E-state index contributed by atoms with van der Waals surface area (Å²) in [5, 5.41) is 7.51. The SMILES string of the molecule is CC(NC(=O)c1ccccc1)C(=O)Nc1ccc(-c2cn3ccsc3n2)cc1. The summed E-state index contributed by atoms with van der Waals surface area (Å²) in [5.74, 6) is -0.558. The Bertz CT molecular complexity index is 1090. The molecule has 140 valence electrons. The minimum atomic E-state index is -0.660. The largest absolute Gasteiger partial charge is 0.341 e. The summed E-state index contributed by atoms with van der Waals surface area (Å²) in [5.41, 5.74) is 3.04. The van der Waals surface area contributed by atoms with Gasteiger partial charge in [-0.1, -0.05) is 30.3 Å². The molecule has 6 nitrogen and oxygen atoms in total. The van der Waals surface area contributed by atoms with Crippen molar-refractivity contribution < 1.29 is 9.59 Å². The van der Waals surface area contributed by atoms with Crippen molar-refractivity contribution in [3.63, 3.8) is 0 Å². The van der Waals surface area contributed by atoms with Crippen LogP contribution in [0.5, 0.6) is 0 Å². The molecular weight excluding hydrogens is 372 g/mol. The van der Waals surface area contributed by atoms with Crippen LogP contribution in [0.3, 0.4) is 0 Å². The van der Waals surface area contributed by atoms with Gasteiger partial charge in [-0.3, -0.25) is 14.0 Å². The molecule has 4 aromatic rings. The number of rotatable bonds is 5. The highest BCUT2D eigenvalue weighted by molar-refractivity contribution is 7.15. The lowest BCUT2D eigenvalue weighted by molar-refractivity contribution is -0.117. The van der Waals surface area contributed by atoms with Gasteiger partial charge in [-0.15, -0.1) is 11.3 Å². The van der Waals surface area contributed by atoms with Crippen molar-refractivity contribution >= 4 is 33.8 Å². The normalized spacial score (nSPS) is 11.9. The second-order valence-corrected chi connectivity index (χ2v) is 7.22. The molecule has 0 aliphatic heterocycles. The van der Waals surface area contributed by atoms with Crippen LogP contribution in [0.15, 0.2) is 72.4 Å². The molecule has 2 heterocycles. The third-order valence-electron chi connectivity index (χ3n) is 4.32. The highest BCUT2D eigenvalue weighted by Gasteiger charge is 2.16. The fourth-order valence-corrected chi connectivity index (χ4v) is 3.48. The molecule has 0 radical (unpaired) electrons. The lowest BCUT2D eigenvalue weighted by Crippen LogP contribution is -2.41. The zero-order valence-electron chi connectivity index (χ0n) is 15.1. The Morgan fingerprint density at radius 1 is 1.07 bits per heavy atom. The Kier molecular flexibility index (Phi) is 4.90. The highest BCUT2D eigenvalue weighted by Crippen LogP contribution is 2.23. The molecule has 7 heteroatoms. The van der Waals surface area contributed by atoms with Gasteiger partial charge in [-0.2, -0.15) is 0 Å². The molecule has 0 saturated heterocycles. The van der Waals surface area contributed by atoms with Crippen LogP contribution in [0.1, 0.15) is 17.3 Å². The number of aromatic nitrogens is 2. The minimum absolute atomic E-state index is 0.278. The summed E-state index contributed by atoms with van der Waals surface area (Å²) < 4.78 is 1.98. The molecule has 0 fully saturated rings. The van der Waals surface area contributed by atoms with Crippen LogP contribution < -0.4 is 10.6 Å². The molecule has 28 heavy (non-hydrogen) atoms. The second kappa shape index (κ2) is 7.66. The van der Waals surface area contributed by atoms with E-state index in [2.05, 4.69) is 15.6 Å². The van der Waals surface area contributed by atoms with E-state index in [0.29, 0.717) is 11.3 Å². The average molecular weight is 390 g/mol. The van der Waals surface area contributed by atoms with Gasteiger partial charge in [0, 0.05) is 34.6 Å². The predicted molar refractivity (Wildman–Crippen MR) is 111 cm³/mol. The molecule has 0 aliphatic carbocycles. The Morgan fingerprint density at radius 2 is 1.82 bits per heavy atom. The van der Waals surface area contributed by atoms with Crippen LogP contribution in [-0.4, -0.2) is 27.2 Å². The first kappa shape index (κ1) is 17.9. The Morgan fingerprint density at radius 3 is 2.54 bits per heavy atom. The first-order valence-corrected chi connectivity index (χ1v) is 9.67. The summed E-state index contributed by atoms with van der Waals surface area (Å²) in [7, 11) is 0. The summed E-state index contributed by atoms with van der Waals surface area (Å²) in [6.45, 7) is 1.66. The lowest BCUT2D eigenvalue weighted by atomic mass is 10.1. The van der Waals surface area contributed by atoms with Crippen molar-refractivity contribution in [1.29, 1.82) is 0 Å². The molecule has 2 N–H and O–H groups in total. The molecular formula is C21H18N4O2S. The van der Waals surface area contributed by atoms with Gasteiger partial charge in [-0.25, -0.2) is 4.98 Å². The highest BCUT2D eigenvalue weighted by atomic mass is 32.1. The zero-order valence-corrected chi connectivity index (χ0v) is 15.9. The molecule has 0 saturated carbocycles. The van der Waals surface area contributed by atoms with E-state index in [-0.39, 0.29) is 11.8 Å². The fourth-order valence-electron chi connectivity index (χ4n) is 2.78. The third-order valence-corrected chi connectivity index (χ3v) is 5.09. The van der Waals surface area contributed by atoms with Crippen molar-refractivity contribution in [3.8, 4) is 11.3 Å². The monoisotopic (exact) mass is 390 g/mol. The fraction of sp³-hybridized carbons (Fsp3) is 0.0952. The van der Waals surface area contributed by atoms with Gasteiger partial charge >= 0.3 is 0 Å². The van der Waals surface area contributed by atoms with Gasteiger partial charge in [0.15, 0.2) is 4.96 Å². The number of carbonyl (C=O) groups is 2. The van der Waals surface area contributed by atoms with Crippen LogP contribution in [0.4, 0.5) is 5.69 Å². The first-order chi connectivity index (χ1) is 13.6. The number of thiazole rings is 1. The van der Waals surface area contributed by atoms with E-state index in [1.54, 1.807) is 42.5 Å². The molecule has 0 bridgehead atoms. The van der Waals surface area contributed by atoms with Crippen molar-refractivity contribution in [1.82, 2.24) is 14.7 Å². The number of benzene rings is 2. The molecule has 2 aromatic carbocycles. The molecule has 2 amide bonds. The number of hydrogen-bond donors (Lipinski definition) is 2. The van der Waals surface area contributed by atoms with Crippen LogP contribution in [0.2, 0.25) is 0 Å². The summed E-state index contributed by atoms with van der Waals surface area (Å²) in [6.07, 6.45) is 3.94. The van der Waals surface area contributed by atoms with Crippen molar-refractivity contribution in [2.45, 2.75) is 13.0 Å². The molecule has 1 atom stereocenters. The number of carbonyl (C=O) groups excluding carboxylic acids is 2. The maximum Gasteiger partial charge on any atom is 0.251 e. The van der Waals surface area contributed by atoms with E-state index in [1.807, 2.05) is 52.5 Å². The van der Waals surface area contributed by atoms with Crippen LogP contribution >= 0.6 is 11.3 Å². The van der Waals surface area contributed by atoms with E-state index in [0.717, 1.165) is 16.2 Å². The van der Waals surface area contributed by atoms with Crippen molar-refractivity contribution in [3.05, 3.63) is 77.9 Å². The Hall–Kier alpha value is -3.45. The third kappa shape index (κ3) is 3.79. The Labute approximate surface area is 165 Å². The standard InChI is InChI=1S/C21H18N4O2S/c1-14(22-20(27)16-5-3-2-4-6-16)19(26)23-17-9-7-15(8-10-17)18-13-25-11-12-28-21(25)24-18/h2-14H,1H3,(H,22,27)(H,23,26). The van der Waals surface area contributed by atoms with Gasteiger partial charge in [0.25, 0.3) is 5.91 Å². The van der Waals surface area contributed by atoms with Crippen molar-refractivity contribution in [2.24, 2.45) is 0 Å². The Balaban J connectivity index is 1.38. The number of anilines is 1. The number of fused-ring (bicyclic) bond motifs is 1. The van der Waals surface area contributed by atoms with Crippen LogP contribution in [0.25, 0.3) is 16.2 Å². The van der Waals surface area contributed by atoms with Crippen LogP contribution in [-0.2, 0) is 4.79 Å². The maximum atomic E-state index is 12.4. The van der Waals surface area contributed by atoms with Crippen molar-refractivity contribution in [2.75, 3.05) is 5.32 Å². The lowest BCUT2D eigenvalue weighted by Gasteiger charge is -2.14. The maximum absolute atomic E-state index is 12.4. The number of nitrogens with one attached hydrogen (secondary N) is 2. The predicted octanol–water partition coefficient (Wildman–Crippen LogP) is 3.82. The molecule has 0 spiro atoms. The number of imidazole rings is 1. The van der Waals surface area contributed by atoms with Gasteiger partial charge in [0.05, 0.1) is 5.69 Å². The summed E-state index contributed by atoms with van der Waals surface area (Å²) in [6, 6.07) is 15.6. The van der Waals surface area contributed by atoms with E-state index in [4.69, 9.17) is 0 Å². The summed E-state index contributed by atoms with van der Waals surface area (Å²) in [4.78, 5) is 30.1. The zero-order chi connectivity index (χ0) is 19.5. The van der Waals surface area contributed by atoms with Gasteiger partial charge in [-0.05, 0) is 31.2 Å². The number of hydrogen-bond acceptors (Lipinski definition) is 4. The first-order valence-electron chi connectivity index (χ1n) is 8.79. The van der Waals surface area contributed by atoms with E-state index in [9.17, 15) is 9.59 Å². The number of nitrogens with zero attached hydrogens (tertiary/aromatic N) is 2. The van der Waals surface area contributed by atoms with Crippen LogP contribution in [0, 0.1) is 0 Å². The van der Waals surface area contributed by atoms with E-state index in [1.165, 1.54) is 0 Å². The quantitative estimate of drug-likeness (QED) is 0.544. The van der Waals surface area contributed by atoms with Gasteiger partial charge in [0.1, 0.15) is 6.04 Å². The second-order valence-electron chi connectivity index (χ2n) is 6.35. The minimum Gasteiger partial charge on any atom is -0.341 e. The molecule has 1 unspecified atom stereocenters. The molecule has 4 rings (SSSR count). The smallest absolute Gasteiger partial charge is 0.251 e.